The first kappa shape index (κ1) is 38.3. The van der Waals surface area contributed by atoms with E-state index < -0.39 is 41.3 Å². The Labute approximate surface area is 300 Å². The van der Waals surface area contributed by atoms with Gasteiger partial charge in [0.1, 0.15) is 30.1 Å². The lowest BCUT2D eigenvalue weighted by atomic mass is 9.81. The largest absolute Gasteiger partial charge is 0.464 e. The molecular weight excluding hydrogens is 689 g/mol. The molecule has 13 heteroatoms. The second-order valence-electron chi connectivity index (χ2n) is 12.9. The number of nitrogens with one attached hydrogen (secondary N) is 2. The summed E-state index contributed by atoms with van der Waals surface area (Å²) in [5.41, 5.74) is 1.26. The summed E-state index contributed by atoms with van der Waals surface area (Å²) in [4.78, 5) is 39.0. The normalized spacial score (nSPS) is 20.2. The van der Waals surface area contributed by atoms with E-state index >= 15 is 4.39 Å². The van der Waals surface area contributed by atoms with Crippen molar-refractivity contribution >= 4 is 29.4 Å². The van der Waals surface area contributed by atoms with Crippen molar-refractivity contribution in [3.63, 3.8) is 0 Å². The standard InChI is InChI=1S/C38H42ClF3N2O7/c1-48-38(47)44-37(36(25-7-2-8-27(40)16-25)26-10-13-31(39)33(42)17-26)34(45)18-24-6-3-9-32(41)30(24)12-11-29-19-43-28(21-50-29)22-51-35(46)15-23-5-4-14-49-20-23/h2-3,6-10,13,16-17,23,28-29,36-37,43H,4-5,11-12,14-15,18-22H2,1H3,(H,44,47)/t23-,28-,29+,36+,37+/m0/s1. The molecule has 2 heterocycles. The number of Topliss-reactive ketones (excluding diaryl/α,β-unsaturated/α-hetero) is 1. The molecule has 3 aromatic carbocycles. The van der Waals surface area contributed by atoms with Crippen LogP contribution in [0.4, 0.5) is 18.0 Å². The van der Waals surface area contributed by atoms with E-state index in [1.54, 1.807) is 12.1 Å². The third-order valence-electron chi connectivity index (χ3n) is 9.27. The van der Waals surface area contributed by atoms with Crippen molar-refractivity contribution in [2.45, 2.75) is 62.6 Å². The third-order valence-corrected chi connectivity index (χ3v) is 9.58. The number of ketones is 1. The highest BCUT2D eigenvalue weighted by Gasteiger charge is 2.34. The van der Waals surface area contributed by atoms with Gasteiger partial charge in [0, 0.05) is 32.1 Å². The Morgan fingerprint density at radius 1 is 1.02 bits per heavy atom. The lowest BCUT2D eigenvalue weighted by Gasteiger charge is -2.30. The molecule has 0 unspecified atom stereocenters. The predicted molar refractivity (Wildman–Crippen MR) is 183 cm³/mol. The molecule has 2 aliphatic rings. The molecule has 5 atom stereocenters. The van der Waals surface area contributed by atoms with Crippen LogP contribution in [-0.4, -0.2) is 76.1 Å². The number of carbonyl (C=O) groups is 3. The number of morpholine rings is 1. The van der Waals surface area contributed by atoms with Crippen LogP contribution in [0.15, 0.2) is 60.7 Å². The van der Waals surface area contributed by atoms with E-state index in [0.717, 1.165) is 32.6 Å². The van der Waals surface area contributed by atoms with Gasteiger partial charge in [0.15, 0.2) is 5.78 Å². The molecule has 274 valence electrons. The van der Waals surface area contributed by atoms with Crippen LogP contribution < -0.4 is 10.6 Å². The van der Waals surface area contributed by atoms with E-state index in [1.807, 2.05) is 0 Å². The fraction of sp³-hybridized carbons (Fsp3) is 0.447. The van der Waals surface area contributed by atoms with E-state index in [-0.39, 0.29) is 54.1 Å². The molecule has 51 heavy (non-hydrogen) atoms. The van der Waals surface area contributed by atoms with Crippen molar-refractivity contribution in [2.75, 3.05) is 40.1 Å². The number of benzene rings is 3. The van der Waals surface area contributed by atoms with Crippen LogP contribution in [0, 0.1) is 23.4 Å². The zero-order valence-corrected chi connectivity index (χ0v) is 29.1. The summed E-state index contributed by atoms with van der Waals surface area (Å²) < 4.78 is 66.2. The highest BCUT2D eigenvalue weighted by Crippen LogP contribution is 2.33. The smallest absolute Gasteiger partial charge is 0.407 e. The molecule has 2 fully saturated rings. The molecule has 0 bridgehead atoms. The fourth-order valence-electron chi connectivity index (χ4n) is 6.59. The van der Waals surface area contributed by atoms with Gasteiger partial charge in [-0.25, -0.2) is 18.0 Å². The van der Waals surface area contributed by atoms with Gasteiger partial charge in [-0.2, -0.15) is 0 Å². The summed E-state index contributed by atoms with van der Waals surface area (Å²) in [5.74, 6) is -3.53. The molecule has 0 spiro atoms. The maximum atomic E-state index is 15.3. The van der Waals surface area contributed by atoms with Gasteiger partial charge in [0.25, 0.3) is 0 Å². The second-order valence-corrected chi connectivity index (χ2v) is 13.3. The zero-order chi connectivity index (χ0) is 36.3. The van der Waals surface area contributed by atoms with Crippen LogP contribution in [-0.2, 0) is 41.4 Å². The van der Waals surface area contributed by atoms with Crippen molar-refractivity contribution in [1.29, 1.82) is 0 Å². The third kappa shape index (κ3) is 10.8. The first-order valence-corrected chi connectivity index (χ1v) is 17.4. The minimum atomic E-state index is -1.36. The Kier molecular flexibility index (Phi) is 13.9. The molecule has 0 radical (unpaired) electrons. The highest BCUT2D eigenvalue weighted by atomic mass is 35.5. The molecule has 3 aromatic rings. The number of ether oxygens (including phenoxy) is 4. The highest BCUT2D eigenvalue weighted by molar-refractivity contribution is 6.30. The summed E-state index contributed by atoms with van der Waals surface area (Å²) in [6, 6.07) is 12.3. The van der Waals surface area contributed by atoms with Crippen molar-refractivity contribution in [1.82, 2.24) is 10.6 Å². The fourth-order valence-corrected chi connectivity index (χ4v) is 6.71. The minimum absolute atomic E-state index is 0.151. The predicted octanol–water partition coefficient (Wildman–Crippen LogP) is 6.08. The summed E-state index contributed by atoms with van der Waals surface area (Å²) in [6.45, 7) is 2.25. The number of amides is 1. The summed E-state index contributed by atoms with van der Waals surface area (Å²) in [7, 11) is 1.13. The molecule has 1 amide bonds. The molecular formula is C38H42ClF3N2O7. The number of halogens is 4. The molecule has 2 aliphatic heterocycles. The van der Waals surface area contributed by atoms with Crippen LogP contribution in [0.2, 0.25) is 5.02 Å². The monoisotopic (exact) mass is 730 g/mol. The number of esters is 1. The Bertz CT molecular complexity index is 1660. The van der Waals surface area contributed by atoms with Crippen molar-refractivity contribution in [3.05, 3.63) is 105 Å². The molecule has 0 saturated carbocycles. The van der Waals surface area contributed by atoms with E-state index in [0.29, 0.717) is 49.3 Å². The Balaban J connectivity index is 1.25. The number of alkyl carbamates (subject to hydrolysis) is 1. The van der Waals surface area contributed by atoms with Crippen LogP contribution >= 0.6 is 11.6 Å². The number of carbonyl (C=O) groups excluding carboxylic acids is 3. The van der Waals surface area contributed by atoms with Gasteiger partial charge in [-0.1, -0.05) is 41.9 Å². The van der Waals surface area contributed by atoms with Gasteiger partial charge < -0.3 is 29.6 Å². The van der Waals surface area contributed by atoms with Crippen molar-refractivity contribution in [2.24, 2.45) is 5.92 Å². The summed E-state index contributed by atoms with van der Waals surface area (Å²) in [5, 5.41) is 5.73. The average Bonchev–Trinajstić information content (AvgIpc) is 3.12. The quantitative estimate of drug-likeness (QED) is 0.192. The Hall–Kier alpha value is -3.97. The van der Waals surface area contributed by atoms with E-state index in [2.05, 4.69) is 10.6 Å². The van der Waals surface area contributed by atoms with E-state index in [9.17, 15) is 23.2 Å². The number of hydrogen-bond acceptors (Lipinski definition) is 8. The van der Waals surface area contributed by atoms with Gasteiger partial charge in [0.05, 0.1) is 37.3 Å². The SMILES string of the molecule is COC(=O)N[C@H](C(=O)Cc1cccc(F)c1CC[C@@H]1CN[C@H](COC(=O)C[C@@H]2CCCOC2)CO1)[C@H](c1cccc(F)c1)c1ccc(Cl)c(F)c1. The molecule has 9 nitrogen and oxygen atoms in total. The number of rotatable bonds is 14. The average molecular weight is 731 g/mol. The Morgan fingerprint density at radius 3 is 2.53 bits per heavy atom. The molecule has 0 aromatic heterocycles. The van der Waals surface area contributed by atoms with E-state index in [1.165, 1.54) is 42.5 Å². The van der Waals surface area contributed by atoms with Crippen LogP contribution in [0.5, 0.6) is 0 Å². The molecule has 2 N–H and O–H groups in total. The van der Waals surface area contributed by atoms with Gasteiger partial charge in [-0.3, -0.25) is 9.59 Å². The van der Waals surface area contributed by atoms with Gasteiger partial charge in [0.2, 0.25) is 0 Å². The molecule has 2 saturated heterocycles. The zero-order valence-electron chi connectivity index (χ0n) is 28.3. The van der Waals surface area contributed by atoms with Crippen LogP contribution in [0.25, 0.3) is 0 Å². The van der Waals surface area contributed by atoms with Gasteiger partial charge in [-0.05, 0) is 84.2 Å². The summed E-state index contributed by atoms with van der Waals surface area (Å²) >= 11 is 5.93. The lowest BCUT2D eigenvalue weighted by Crippen LogP contribution is -2.49. The summed E-state index contributed by atoms with van der Waals surface area (Å²) in [6.07, 6.45) is 1.41. The maximum Gasteiger partial charge on any atom is 0.407 e. The maximum absolute atomic E-state index is 15.3. The minimum Gasteiger partial charge on any atom is -0.464 e. The van der Waals surface area contributed by atoms with Crippen molar-refractivity contribution in [3.8, 4) is 0 Å². The Morgan fingerprint density at radius 2 is 1.82 bits per heavy atom. The number of methoxy groups -OCH3 is 1. The van der Waals surface area contributed by atoms with Crippen LogP contribution in [0.3, 0.4) is 0 Å². The topological polar surface area (TPSA) is 112 Å². The first-order chi connectivity index (χ1) is 24.6. The van der Waals surface area contributed by atoms with E-state index in [4.69, 9.17) is 30.5 Å². The van der Waals surface area contributed by atoms with Gasteiger partial charge >= 0.3 is 12.1 Å². The van der Waals surface area contributed by atoms with Crippen molar-refractivity contribution < 1.29 is 46.5 Å². The second kappa shape index (κ2) is 18.5. The first-order valence-electron chi connectivity index (χ1n) is 17.0. The molecule has 5 rings (SSSR count). The lowest BCUT2D eigenvalue weighted by molar-refractivity contribution is -0.148. The molecule has 0 aliphatic carbocycles. The van der Waals surface area contributed by atoms with Gasteiger partial charge in [-0.15, -0.1) is 0 Å². The van der Waals surface area contributed by atoms with Crippen LogP contribution in [0.1, 0.15) is 53.9 Å². The number of hydrogen-bond donors (Lipinski definition) is 2.